The maximum absolute atomic E-state index is 14.5. The van der Waals surface area contributed by atoms with Gasteiger partial charge in [0.2, 0.25) is 11.8 Å². The van der Waals surface area contributed by atoms with Crippen molar-refractivity contribution in [3.63, 3.8) is 0 Å². The van der Waals surface area contributed by atoms with Crippen LogP contribution < -0.4 is 14.4 Å². The zero-order chi connectivity index (χ0) is 32.4. The Hall–Kier alpha value is -4.05. The van der Waals surface area contributed by atoms with E-state index >= 15 is 0 Å². The summed E-state index contributed by atoms with van der Waals surface area (Å²) in [6, 6.07) is 27.5. The summed E-state index contributed by atoms with van der Waals surface area (Å²) in [7, 11) is -2.70. The predicted molar refractivity (Wildman–Crippen MR) is 178 cm³/mol. The minimum absolute atomic E-state index is 0.0161. The van der Waals surface area contributed by atoms with E-state index in [0.717, 1.165) is 9.87 Å². The molecule has 0 spiro atoms. The molecule has 0 saturated carbocycles. The second-order valence-electron chi connectivity index (χ2n) is 10.3. The van der Waals surface area contributed by atoms with E-state index < -0.39 is 28.5 Å². The van der Waals surface area contributed by atoms with Gasteiger partial charge in [-0.15, -0.1) is 0 Å². The summed E-state index contributed by atoms with van der Waals surface area (Å²) in [5.41, 5.74) is 1.64. The van der Waals surface area contributed by atoms with E-state index in [9.17, 15) is 18.0 Å². The summed E-state index contributed by atoms with van der Waals surface area (Å²) in [5.74, 6) is -0.429. The van der Waals surface area contributed by atoms with Crippen LogP contribution in [0.4, 0.5) is 5.69 Å². The number of carbonyl (C=O) groups excluding carboxylic acids is 2. The van der Waals surface area contributed by atoms with E-state index in [1.54, 1.807) is 60.7 Å². The van der Waals surface area contributed by atoms with Gasteiger partial charge >= 0.3 is 0 Å². The van der Waals surface area contributed by atoms with Crippen molar-refractivity contribution in [3.8, 4) is 5.75 Å². The number of halogens is 2. The normalized spacial score (nSPS) is 11.8. The van der Waals surface area contributed by atoms with Crippen molar-refractivity contribution in [1.82, 2.24) is 10.2 Å². The second kappa shape index (κ2) is 15.8. The van der Waals surface area contributed by atoms with Gasteiger partial charge in [-0.2, -0.15) is 0 Å². The SMILES string of the molecule is CCCNC(=O)C(Cc1ccccc1)N(Cc1ccc(Cl)cc1Cl)C(=O)CN(c1ccc(OC)cc1)S(=O)(=O)c1ccccc1. The van der Waals surface area contributed by atoms with Gasteiger partial charge in [0, 0.05) is 29.6 Å². The third-order valence-corrected chi connectivity index (χ3v) is 9.52. The fourth-order valence-corrected chi connectivity index (χ4v) is 6.65. The Balaban J connectivity index is 1.81. The summed E-state index contributed by atoms with van der Waals surface area (Å²) in [6.07, 6.45) is 0.891. The van der Waals surface area contributed by atoms with Crippen molar-refractivity contribution < 1.29 is 22.7 Å². The molecule has 0 aromatic heterocycles. The minimum atomic E-state index is -4.21. The van der Waals surface area contributed by atoms with E-state index in [1.807, 2.05) is 37.3 Å². The number of amides is 2. The fourth-order valence-electron chi connectivity index (χ4n) is 4.75. The summed E-state index contributed by atoms with van der Waals surface area (Å²) in [6.45, 7) is 1.70. The molecule has 0 saturated heterocycles. The van der Waals surface area contributed by atoms with E-state index in [2.05, 4.69) is 5.32 Å². The lowest BCUT2D eigenvalue weighted by atomic mass is 10.0. The maximum Gasteiger partial charge on any atom is 0.264 e. The van der Waals surface area contributed by atoms with Gasteiger partial charge in [0.25, 0.3) is 10.0 Å². The predicted octanol–water partition coefficient (Wildman–Crippen LogP) is 6.36. The molecule has 2 amide bonds. The molecule has 0 bridgehead atoms. The van der Waals surface area contributed by atoms with Crippen LogP contribution in [0.25, 0.3) is 0 Å². The molecule has 11 heteroatoms. The van der Waals surface area contributed by atoms with Crippen molar-refractivity contribution in [3.05, 3.63) is 124 Å². The number of rotatable bonds is 14. The van der Waals surface area contributed by atoms with Crippen LogP contribution in [-0.2, 0) is 32.6 Å². The molecule has 45 heavy (non-hydrogen) atoms. The molecule has 0 heterocycles. The maximum atomic E-state index is 14.5. The molecule has 8 nitrogen and oxygen atoms in total. The average Bonchev–Trinajstić information content (AvgIpc) is 3.05. The van der Waals surface area contributed by atoms with Crippen LogP contribution in [0.1, 0.15) is 24.5 Å². The van der Waals surface area contributed by atoms with Gasteiger partial charge in [0.15, 0.2) is 0 Å². The molecule has 236 valence electrons. The number of methoxy groups -OCH3 is 1. The van der Waals surface area contributed by atoms with Gasteiger partial charge in [-0.1, -0.05) is 84.7 Å². The molecule has 0 aliphatic heterocycles. The molecule has 0 fully saturated rings. The van der Waals surface area contributed by atoms with E-state index in [-0.39, 0.29) is 29.5 Å². The van der Waals surface area contributed by atoms with Crippen LogP contribution in [0.5, 0.6) is 5.75 Å². The van der Waals surface area contributed by atoms with Gasteiger partial charge in [0.1, 0.15) is 18.3 Å². The number of anilines is 1. The standard InChI is InChI=1S/C34H35Cl2N3O5S/c1-3-20-37-34(41)32(21-25-10-6-4-7-11-25)38(23-26-14-15-27(35)22-31(26)36)33(40)24-39(28-16-18-29(44-2)19-17-28)45(42,43)30-12-8-5-9-13-30/h4-19,22,32H,3,20-21,23-24H2,1-2H3,(H,37,41). The van der Waals surface area contributed by atoms with Crippen molar-refractivity contribution in [2.75, 3.05) is 24.5 Å². The number of nitrogens with zero attached hydrogens (tertiary/aromatic N) is 2. The molecule has 1 atom stereocenters. The first kappa shape index (κ1) is 33.8. The monoisotopic (exact) mass is 667 g/mol. The Bertz CT molecular complexity index is 1690. The first-order valence-electron chi connectivity index (χ1n) is 14.4. The van der Waals surface area contributed by atoms with Crippen LogP contribution >= 0.6 is 23.2 Å². The summed E-state index contributed by atoms with van der Waals surface area (Å²) >= 11 is 12.7. The van der Waals surface area contributed by atoms with Crippen LogP contribution in [0.15, 0.2) is 108 Å². The average molecular weight is 669 g/mol. The van der Waals surface area contributed by atoms with Crippen molar-refractivity contribution >= 4 is 50.7 Å². The minimum Gasteiger partial charge on any atom is -0.497 e. The molecule has 0 aliphatic rings. The van der Waals surface area contributed by atoms with Crippen molar-refractivity contribution in [2.24, 2.45) is 0 Å². The van der Waals surface area contributed by atoms with Crippen molar-refractivity contribution in [2.45, 2.75) is 37.2 Å². The van der Waals surface area contributed by atoms with E-state index in [4.69, 9.17) is 27.9 Å². The van der Waals surface area contributed by atoms with Crippen LogP contribution in [0.2, 0.25) is 10.0 Å². The largest absolute Gasteiger partial charge is 0.497 e. The number of hydrogen-bond donors (Lipinski definition) is 1. The first-order valence-corrected chi connectivity index (χ1v) is 16.6. The van der Waals surface area contributed by atoms with E-state index in [1.165, 1.54) is 24.1 Å². The summed E-state index contributed by atoms with van der Waals surface area (Å²) < 4.78 is 34.4. The number of benzene rings is 4. The Morgan fingerprint density at radius 2 is 1.53 bits per heavy atom. The van der Waals surface area contributed by atoms with Gasteiger partial charge in [-0.05, 0) is 66.1 Å². The highest BCUT2D eigenvalue weighted by atomic mass is 35.5. The Morgan fingerprint density at radius 1 is 0.889 bits per heavy atom. The number of sulfonamides is 1. The third kappa shape index (κ3) is 8.78. The smallest absolute Gasteiger partial charge is 0.264 e. The lowest BCUT2D eigenvalue weighted by Gasteiger charge is -2.34. The molecule has 1 N–H and O–H groups in total. The molecular weight excluding hydrogens is 633 g/mol. The van der Waals surface area contributed by atoms with Gasteiger partial charge in [-0.25, -0.2) is 8.42 Å². The van der Waals surface area contributed by atoms with Gasteiger partial charge < -0.3 is 15.0 Å². The molecule has 4 aromatic carbocycles. The Labute approximate surface area is 274 Å². The lowest BCUT2D eigenvalue weighted by molar-refractivity contribution is -0.140. The summed E-state index contributed by atoms with van der Waals surface area (Å²) in [4.78, 5) is 29.6. The number of carbonyl (C=O) groups is 2. The molecule has 1 unspecified atom stereocenters. The first-order chi connectivity index (χ1) is 21.6. The zero-order valence-electron chi connectivity index (χ0n) is 25.0. The Morgan fingerprint density at radius 3 is 2.13 bits per heavy atom. The topological polar surface area (TPSA) is 96.0 Å². The molecule has 4 rings (SSSR count). The molecular formula is C34H35Cl2N3O5S. The fraction of sp³-hybridized carbons (Fsp3) is 0.235. The van der Waals surface area contributed by atoms with Crippen LogP contribution in [0.3, 0.4) is 0 Å². The third-order valence-electron chi connectivity index (χ3n) is 7.15. The highest BCUT2D eigenvalue weighted by Gasteiger charge is 2.34. The molecule has 0 radical (unpaired) electrons. The highest BCUT2D eigenvalue weighted by molar-refractivity contribution is 7.92. The van der Waals surface area contributed by atoms with Gasteiger partial charge in [-0.3, -0.25) is 13.9 Å². The quantitative estimate of drug-likeness (QED) is 0.169. The van der Waals surface area contributed by atoms with E-state index in [0.29, 0.717) is 34.3 Å². The van der Waals surface area contributed by atoms with Crippen LogP contribution in [0, 0.1) is 0 Å². The van der Waals surface area contributed by atoms with Gasteiger partial charge in [0.05, 0.1) is 17.7 Å². The molecule has 4 aromatic rings. The van der Waals surface area contributed by atoms with Crippen LogP contribution in [-0.4, -0.2) is 51.4 Å². The number of nitrogens with one attached hydrogen (secondary N) is 1. The lowest BCUT2D eigenvalue weighted by Crippen LogP contribution is -2.53. The Kier molecular flexibility index (Phi) is 11.9. The zero-order valence-corrected chi connectivity index (χ0v) is 27.4. The number of ether oxygens (including phenoxy) is 1. The summed E-state index contributed by atoms with van der Waals surface area (Å²) in [5, 5.41) is 3.65. The number of hydrogen-bond acceptors (Lipinski definition) is 5. The second-order valence-corrected chi connectivity index (χ2v) is 13.0. The van der Waals surface area contributed by atoms with Crippen molar-refractivity contribution in [1.29, 1.82) is 0 Å². The highest BCUT2D eigenvalue weighted by Crippen LogP contribution is 2.28. The molecule has 0 aliphatic carbocycles.